The second kappa shape index (κ2) is 4.26. The Morgan fingerprint density at radius 1 is 1.71 bits per heavy atom. The highest BCUT2D eigenvalue weighted by atomic mass is 16.2. The van der Waals surface area contributed by atoms with E-state index >= 15 is 0 Å². The van der Waals surface area contributed by atoms with E-state index in [2.05, 4.69) is 31.3 Å². The Morgan fingerprint density at radius 3 is 2.86 bits per heavy atom. The molecule has 4 heteroatoms. The molecule has 1 aliphatic rings. The zero-order valence-corrected chi connectivity index (χ0v) is 8.92. The van der Waals surface area contributed by atoms with Crippen LogP contribution in [-0.2, 0) is 0 Å². The van der Waals surface area contributed by atoms with Crippen molar-refractivity contribution in [2.75, 3.05) is 0 Å². The smallest absolute Gasteiger partial charge is 0.332 e. The molecule has 3 N–H and O–H groups in total. The Balaban J connectivity index is 2.83. The van der Waals surface area contributed by atoms with Gasteiger partial charge in [-0.1, -0.05) is 19.4 Å². The number of nitrogens with one attached hydrogen (secondary N) is 1. The third-order valence-electron chi connectivity index (χ3n) is 2.72. The predicted molar refractivity (Wildman–Crippen MR) is 56.9 cm³/mol. The van der Waals surface area contributed by atoms with E-state index in [1.54, 1.807) is 0 Å². The van der Waals surface area contributed by atoms with E-state index in [1.807, 2.05) is 0 Å². The predicted octanol–water partition coefficient (Wildman–Crippen LogP) is 1.78. The molecule has 0 saturated heterocycles. The van der Waals surface area contributed by atoms with E-state index in [4.69, 9.17) is 5.73 Å². The summed E-state index contributed by atoms with van der Waals surface area (Å²) >= 11 is 0. The number of rotatable bonds is 2. The largest absolute Gasteiger partial charge is 0.350 e. The Morgan fingerprint density at radius 2 is 2.36 bits per heavy atom. The molecule has 0 fully saturated rings. The Hall–Kier alpha value is -1.32. The van der Waals surface area contributed by atoms with Crippen molar-refractivity contribution >= 4 is 11.7 Å². The molecule has 2 amide bonds. The lowest BCUT2D eigenvalue weighted by atomic mass is 10.0. The fraction of sp³-hybridized carbons (Fsp3) is 0.600. The molecule has 0 aromatic rings. The summed E-state index contributed by atoms with van der Waals surface area (Å²) in [6.45, 7) is 6.38. The number of amides is 2. The minimum absolute atomic E-state index is 0.526. The molecule has 14 heavy (non-hydrogen) atoms. The van der Waals surface area contributed by atoms with Crippen LogP contribution in [0.1, 0.15) is 33.6 Å². The Kier molecular flexibility index (Phi) is 3.28. The molecule has 0 aliphatic heterocycles. The lowest BCUT2D eigenvalue weighted by molar-refractivity contribution is 0.249. The number of hydrazone groups is 1. The maximum absolute atomic E-state index is 10.5. The molecule has 0 radical (unpaired) electrons. The van der Waals surface area contributed by atoms with Crippen LogP contribution in [0.25, 0.3) is 0 Å². The van der Waals surface area contributed by atoms with Crippen molar-refractivity contribution in [3.05, 3.63) is 11.1 Å². The normalized spacial score (nSPS) is 24.5. The molecule has 0 spiro atoms. The lowest BCUT2D eigenvalue weighted by Crippen LogP contribution is -2.25. The van der Waals surface area contributed by atoms with E-state index in [0.29, 0.717) is 5.92 Å². The molecule has 1 rings (SSSR count). The van der Waals surface area contributed by atoms with Gasteiger partial charge in [0.25, 0.3) is 0 Å². The van der Waals surface area contributed by atoms with Gasteiger partial charge in [-0.05, 0) is 31.3 Å². The van der Waals surface area contributed by atoms with Crippen LogP contribution in [-0.4, -0.2) is 11.7 Å². The number of hydrogen-bond donors (Lipinski definition) is 2. The van der Waals surface area contributed by atoms with Gasteiger partial charge >= 0.3 is 6.03 Å². The summed E-state index contributed by atoms with van der Waals surface area (Å²) < 4.78 is 0. The van der Waals surface area contributed by atoms with E-state index < -0.39 is 6.03 Å². The van der Waals surface area contributed by atoms with Crippen molar-refractivity contribution in [3.8, 4) is 0 Å². The van der Waals surface area contributed by atoms with Crippen LogP contribution in [0.4, 0.5) is 4.79 Å². The summed E-state index contributed by atoms with van der Waals surface area (Å²) in [7, 11) is 0. The van der Waals surface area contributed by atoms with Crippen LogP contribution in [0.5, 0.6) is 0 Å². The molecule has 0 aromatic heterocycles. The Bertz CT molecular complexity index is 304. The van der Waals surface area contributed by atoms with Gasteiger partial charge < -0.3 is 5.73 Å². The van der Waals surface area contributed by atoms with Crippen molar-refractivity contribution in [2.24, 2.45) is 16.8 Å². The van der Waals surface area contributed by atoms with Gasteiger partial charge in [-0.25, -0.2) is 10.2 Å². The van der Waals surface area contributed by atoms with Gasteiger partial charge in [0.15, 0.2) is 0 Å². The molecule has 1 unspecified atom stereocenters. The monoisotopic (exact) mass is 195 g/mol. The molecule has 1 atom stereocenters. The highest BCUT2D eigenvalue weighted by Gasteiger charge is 2.23. The van der Waals surface area contributed by atoms with Gasteiger partial charge in [-0.15, -0.1) is 0 Å². The quantitative estimate of drug-likeness (QED) is 0.648. The number of urea groups is 1. The summed E-state index contributed by atoms with van der Waals surface area (Å²) in [4.78, 5) is 10.5. The Labute approximate surface area is 84.2 Å². The number of primary amides is 1. The number of nitrogens with zero attached hydrogens (tertiary/aromatic N) is 1. The summed E-state index contributed by atoms with van der Waals surface area (Å²) in [5.74, 6) is 0.526. The van der Waals surface area contributed by atoms with E-state index in [-0.39, 0.29) is 0 Å². The summed E-state index contributed by atoms with van der Waals surface area (Å²) in [5.41, 5.74) is 10.8. The number of carbonyl (C=O) groups excluding carboxylic acids is 1. The number of carbonyl (C=O) groups is 1. The topological polar surface area (TPSA) is 67.5 Å². The highest BCUT2D eigenvalue weighted by Crippen LogP contribution is 2.30. The van der Waals surface area contributed by atoms with Gasteiger partial charge in [0, 0.05) is 0 Å². The standard InChI is InChI=1S/C10H17N3O/c1-4-8-7(3)6(2)5-9(8)12-13-10(11)14/h6H,4-5H2,1-3H3,(H3,11,13,14)/b12-9-. The third-order valence-corrected chi connectivity index (χ3v) is 2.72. The van der Waals surface area contributed by atoms with Crippen molar-refractivity contribution in [1.29, 1.82) is 0 Å². The second-order valence-electron chi connectivity index (χ2n) is 3.65. The first kappa shape index (κ1) is 10.8. The first-order valence-electron chi connectivity index (χ1n) is 4.88. The molecule has 1 aliphatic carbocycles. The molecular formula is C10H17N3O. The minimum atomic E-state index is -0.606. The van der Waals surface area contributed by atoms with Crippen molar-refractivity contribution in [3.63, 3.8) is 0 Å². The maximum atomic E-state index is 10.5. The summed E-state index contributed by atoms with van der Waals surface area (Å²) in [5, 5.41) is 4.01. The first-order valence-corrected chi connectivity index (χ1v) is 4.88. The average Bonchev–Trinajstić information content (AvgIpc) is 2.39. The van der Waals surface area contributed by atoms with Gasteiger partial charge in [0.2, 0.25) is 0 Å². The first-order chi connectivity index (χ1) is 6.56. The molecule has 0 bridgehead atoms. The molecule has 0 aromatic carbocycles. The van der Waals surface area contributed by atoms with E-state index in [0.717, 1.165) is 18.6 Å². The summed E-state index contributed by atoms with van der Waals surface area (Å²) in [6, 6.07) is -0.606. The fourth-order valence-electron chi connectivity index (χ4n) is 1.81. The number of allylic oxidation sites excluding steroid dienone is 2. The molecule has 4 nitrogen and oxygen atoms in total. The lowest BCUT2D eigenvalue weighted by Gasteiger charge is -2.01. The van der Waals surface area contributed by atoms with E-state index in [9.17, 15) is 4.79 Å². The SMILES string of the molecule is CCC1=C(C)C(C)C/C1=N/NC(N)=O. The third kappa shape index (κ3) is 2.13. The summed E-state index contributed by atoms with van der Waals surface area (Å²) in [6.07, 6.45) is 1.85. The number of nitrogens with two attached hydrogens (primary N) is 1. The van der Waals surface area contributed by atoms with Gasteiger partial charge in [-0.3, -0.25) is 0 Å². The van der Waals surface area contributed by atoms with Gasteiger partial charge in [0.05, 0.1) is 5.71 Å². The zero-order chi connectivity index (χ0) is 10.7. The van der Waals surface area contributed by atoms with Crippen molar-refractivity contribution in [1.82, 2.24) is 5.43 Å². The highest BCUT2D eigenvalue weighted by molar-refractivity contribution is 6.03. The van der Waals surface area contributed by atoms with Crippen LogP contribution >= 0.6 is 0 Å². The molecule has 78 valence electrons. The van der Waals surface area contributed by atoms with Crippen LogP contribution < -0.4 is 11.2 Å². The van der Waals surface area contributed by atoms with Crippen molar-refractivity contribution < 1.29 is 4.79 Å². The van der Waals surface area contributed by atoms with Crippen molar-refractivity contribution in [2.45, 2.75) is 33.6 Å². The second-order valence-corrected chi connectivity index (χ2v) is 3.65. The van der Waals surface area contributed by atoms with Crippen LogP contribution in [0.15, 0.2) is 16.2 Å². The van der Waals surface area contributed by atoms with E-state index in [1.165, 1.54) is 11.1 Å². The molecular weight excluding hydrogens is 178 g/mol. The van der Waals surface area contributed by atoms with Gasteiger partial charge in [0.1, 0.15) is 0 Å². The minimum Gasteiger partial charge on any atom is -0.350 e. The van der Waals surface area contributed by atoms with Crippen LogP contribution in [0.3, 0.4) is 0 Å². The zero-order valence-electron chi connectivity index (χ0n) is 8.92. The van der Waals surface area contributed by atoms with Crippen LogP contribution in [0.2, 0.25) is 0 Å². The fourth-order valence-corrected chi connectivity index (χ4v) is 1.81. The molecule has 0 heterocycles. The molecule has 0 saturated carbocycles. The van der Waals surface area contributed by atoms with Crippen LogP contribution in [0, 0.1) is 5.92 Å². The number of hydrogen-bond acceptors (Lipinski definition) is 2. The van der Waals surface area contributed by atoms with Gasteiger partial charge in [-0.2, -0.15) is 5.10 Å². The average molecular weight is 195 g/mol. The maximum Gasteiger partial charge on any atom is 0.332 e.